The molecule has 2 heterocycles. The van der Waals surface area contributed by atoms with Gasteiger partial charge in [0.2, 0.25) is 17.7 Å². The van der Waals surface area contributed by atoms with E-state index in [1.165, 1.54) is 23.5 Å². The first kappa shape index (κ1) is 35.6. The first-order chi connectivity index (χ1) is 21.5. The van der Waals surface area contributed by atoms with Crippen LogP contribution in [0.1, 0.15) is 63.5 Å². The standard InChI is InChI=1S/C32H43ClN6O6/c1-6-23(26(40)15-33)36-30(42)25-14-22(45-18-21-10-8-7-9-11-21)17-39(25)32(44)28(20(4)5)38-31(43)27(19(2)3)37-29(41)24-16-34-12-13-35-24/h7-13,16,19-20,22-23,25,27-28H,6,14-15,17-18H2,1-5H3,(H,36,42)(H,37,41)(H,38,43)/t22-,23?,25+,27-,28-/m1/s1. The molecule has 1 fully saturated rings. The van der Waals surface area contributed by atoms with Crippen molar-refractivity contribution in [2.24, 2.45) is 11.8 Å². The molecule has 0 aliphatic carbocycles. The van der Waals surface area contributed by atoms with Gasteiger partial charge in [0.15, 0.2) is 5.78 Å². The highest BCUT2D eigenvalue weighted by Gasteiger charge is 2.44. The normalized spacial score (nSPS) is 18.3. The Balaban J connectivity index is 1.81. The SMILES string of the molecule is CCC(NC(=O)[C@@H]1C[C@@H](OCc2ccccc2)CN1C(=O)[C@H](NC(=O)[C@H](NC(=O)c1cnccn1)C(C)C)C(C)C)C(=O)CCl. The van der Waals surface area contributed by atoms with E-state index in [2.05, 4.69) is 25.9 Å². The number of alkyl halides is 1. The molecule has 1 unspecified atom stereocenters. The fourth-order valence-corrected chi connectivity index (χ4v) is 5.26. The summed E-state index contributed by atoms with van der Waals surface area (Å²) in [5, 5.41) is 8.26. The number of ether oxygens (including phenoxy) is 1. The Bertz CT molecular complexity index is 1310. The quantitative estimate of drug-likeness (QED) is 0.250. The molecule has 45 heavy (non-hydrogen) atoms. The Morgan fingerprint density at radius 3 is 2.24 bits per heavy atom. The number of Topliss-reactive ketones (excluding diaryl/α,β-unsaturated/α-hetero) is 1. The van der Waals surface area contributed by atoms with Crippen LogP contribution in [0.3, 0.4) is 0 Å². The molecule has 0 spiro atoms. The molecule has 1 aromatic heterocycles. The van der Waals surface area contributed by atoms with E-state index in [-0.39, 0.29) is 48.8 Å². The van der Waals surface area contributed by atoms with Crippen LogP contribution in [0.25, 0.3) is 0 Å². The molecule has 4 amide bonds. The van der Waals surface area contributed by atoms with Crippen LogP contribution in [0.2, 0.25) is 0 Å². The van der Waals surface area contributed by atoms with Gasteiger partial charge < -0.3 is 25.6 Å². The molecule has 2 aromatic rings. The van der Waals surface area contributed by atoms with Gasteiger partial charge in [-0.2, -0.15) is 0 Å². The Labute approximate surface area is 269 Å². The molecule has 3 rings (SSSR count). The predicted molar refractivity (Wildman–Crippen MR) is 168 cm³/mol. The zero-order valence-electron chi connectivity index (χ0n) is 26.4. The van der Waals surface area contributed by atoms with E-state index in [0.717, 1.165) is 5.56 Å². The summed E-state index contributed by atoms with van der Waals surface area (Å²) in [5.41, 5.74) is 0.996. The van der Waals surface area contributed by atoms with Crippen LogP contribution >= 0.6 is 11.6 Å². The number of rotatable bonds is 15. The van der Waals surface area contributed by atoms with Crippen LogP contribution in [0.5, 0.6) is 0 Å². The molecular formula is C32H43ClN6O6. The maximum atomic E-state index is 14.1. The summed E-state index contributed by atoms with van der Waals surface area (Å²) in [7, 11) is 0. The molecule has 0 radical (unpaired) electrons. The van der Waals surface area contributed by atoms with Crippen molar-refractivity contribution in [3.05, 3.63) is 60.2 Å². The Morgan fingerprint density at radius 2 is 1.67 bits per heavy atom. The molecule has 1 aliphatic heterocycles. The van der Waals surface area contributed by atoms with E-state index in [4.69, 9.17) is 16.3 Å². The maximum Gasteiger partial charge on any atom is 0.272 e. The zero-order valence-corrected chi connectivity index (χ0v) is 27.1. The minimum atomic E-state index is -1.01. The Kier molecular flexibility index (Phi) is 13.4. The van der Waals surface area contributed by atoms with Crippen LogP contribution in [-0.4, -0.2) is 87.0 Å². The number of ketones is 1. The zero-order chi connectivity index (χ0) is 33.1. The monoisotopic (exact) mass is 642 g/mol. The average Bonchev–Trinajstić information content (AvgIpc) is 3.48. The topological polar surface area (TPSA) is 160 Å². The fraction of sp³-hybridized carbons (Fsp3) is 0.531. The minimum Gasteiger partial charge on any atom is -0.372 e. The number of nitrogens with one attached hydrogen (secondary N) is 3. The molecular weight excluding hydrogens is 600 g/mol. The minimum absolute atomic E-state index is 0.0536. The number of carbonyl (C=O) groups is 5. The van der Waals surface area contributed by atoms with Crippen molar-refractivity contribution in [3.63, 3.8) is 0 Å². The number of aromatic nitrogens is 2. The second-order valence-corrected chi connectivity index (χ2v) is 12.0. The van der Waals surface area contributed by atoms with Crippen LogP contribution in [0, 0.1) is 11.8 Å². The van der Waals surface area contributed by atoms with Crippen molar-refractivity contribution in [1.29, 1.82) is 0 Å². The lowest BCUT2D eigenvalue weighted by Crippen LogP contribution is -2.59. The highest BCUT2D eigenvalue weighted by atomic mass is 35.5. The molecule has 5 atom stereocenters. The van der Waals surface area contributed by atoms with E-state index in [9.17, 15) is 24.0 Å². The number of halogens is 1. The summed E-state index contributed by atoms with van der Waals surface area (Å²) in [5.74, 6) is -3.34. The van der Waals surface area contributed by atoms with Gasteiger partial charge in [0.1, 0.15) is 23.8 Å². The van der Waals surface area contributed by atoms with Gasteiger partial charge in [0, 0.05) is 25.4 Å². The number of nitrogens with zero attached hydrogens (tertiary/aromatic N) is 3. The smallest absolute Gasteiger partial charge is 0.272 e. The van der Waals surface area contributed by atoms with E-state index in [0.29, 0.717) is 6.42 Å². The Morgan fingerprint density at radius 1 is 0.978 bits per heavy atom. The maximum absolute atomic E-state index is 14.1. The van der Waals surface area contributed by atoms with Gasteiger partial charge in [-0.3, -0.25) is 29.0 Å². The number of benzene rings is 1. The third kappa shape index (κ3) is 9.79. The first-order valence-corrected chi connectivity index (χ1v) is 15.7. The Hall–Kier alpha value is -3.90. The summed E-state index contributed by atoms with van der Waals surface area (Å²) in [6.45, 7) is 9.27. The van der Waals surface area contributed by atoms with Gasteiger partial charge >= 0.3 is 0 Å². The van der Waals surface area contributed by atoms with E-state index >= 15 is 0 Å². The highest BCUT2D eigenvalue weighted by molar-refractivity contribution is 6.28. The van der Waals surface area contributed by atoms with Gasteiger partial charge in [-0.25, -0.2) is 4.98 Å². The number of hydrogen-bond donors (Lipinski definition) is 3. The second kappa shape index (κ2) is 17.0. The molecule has 1 aromatic carbocycles. The van der Waals surface area contributed by atoms with Gasteiger partial charge in [0.05, 0.1) is 30.8 Å². The van der Waals surface area contributed by atoms with E-state index in [1.807, 2.05) is 30.3 Å². The summed E-state index contributed by atoms with van der Waals surface area (Å²) in [6.07, 6.45) is 4.19. The van der Waals surface area contributed by atoms with Crippen LogP contribution < -0.4 is 16.0 Å². The van der Waals surface area contributed by atoms with Crippen molar-refractivity contribution in [1.82, 2.24) is 30.8 Å². The lowest BCUT2D eigenvalue weighted by molar-refractivity contribution is -0.143. The third-order valence-corrected chi connectivity index (χ3v) is 7.95. The summed E-state index contributed by atoms with van der Waals surface area (Å²) in [4.78, 5) is 75.5. The van der Waals surface area contributed by atoms with Crippen molar-refractivity contribution in [2.45, 2.75) is 84.3 Å². The molecule has 0 bridgehead atoms. The summed E-state index contributed by atoms with van der Waals surface area (Å²) in [6, 6.07) is 5.82. The van der Waals surface area contributed by atoms with E-state index in [1.54, 1.807) is 34.6 Å². The molecule has 244 valence electrons. The lowest BCUT2D eigenvalue weighted by Gasteiger charge is -2.32. The van der Waals surface area contributed by atoms with Crippen molar-refractivity contribution in [2.75, 3.05) is 12.4 Å². The number of likely N-dealkylation sites (tertiary alicyclic amines) is 1. The number of amides is 4. The van der Waals surface area contributed by atoms with Crippen LogP contribution in [0.15, 0.2) is 48.9 Å². The van der Waals surface area contributed by atoms with Crippen molar-refractivity contribution in [3.8, 4) is 0 Å². The molecule has 1 aliphatic rings. The third-order valence-electron chi connectivity index (χ3n) is 7.68. The first-order valence-electron chi connectivity index (χ1n) is 15.2. The number of hydrogen-bond acceptors (Lipinski definition) is 8. The van der Waals surface area contributed by atoms with Crippen LogP contribution in [-0.2, 0) is 30.5 Å². The molecule has 13 heteroatoms. The van der Waals surface area contributed by atoms with Gasteiger partial charge in [0.25, 0.3) is 5.91 Å². The second-order valence-electron chi connectivity index (χ2n) is 11.7. The van der Waals surface area contributed by atoms with Crippen molar-refractivity contribution >= 4 is 41.0 Å². The van der Waals surface area contributed by atoms with Gasteiger partial charge in [-0.15, -0.1) is 11.6 Å². The molecule has 1 saturated heterocycles. The summed E-state index contributed by atoms with van der Waals surface area (Å²) >= 11 is 5.75. The van der Waals surface area contributed by atoms with Gasteiger partial charge in [-0.05, 0) is 23.8 Å². The summed E-state index contributed by atoms with van der Waals surface area (Å²) < 4.78 is 6.12. The largest absolute Gasteiger partial charge is 0.372 e. The molecule has 3 N–H and O–H groups in total. The van der Waals surface area contributed by atoms with Crippen LogP contribution in [0.4, 0.5) is 0 Å². The highest BCUT2D eigenvalue weighted by Crippen LogP contribution is 2.25. The molecule has 12 nitrogen and oxygen atoms in total. The van der Waals surface area contributed by atoms with E-state index < -0.39 is 53.9 Å². The van der Waals surface area contributed by atoms with Gasteiger partial charge in [-0.1, -0.05) is 65.0 Å². The lowest BCUT2D eigenvalue weighted by atomic mass is 9.98. The fourth-order valence-electron chi connectivity index (χ4n) is 5.07. The average molecular weight is 643 g/mol. The van der Waals surface area contributed by atoms with Crippen molar-refractivity contribution < 1.29 is 28.7 Å². The predicted octanol–water partition coefficient (Wildman–Crippen LogP) is 2.26. The number of carbonyl (C=O) groups excluding carboxylic acids is 5. The molecule has 0 saturated carbocycles.